The maximum atomic E-state index is 3.29. The molecule has 3 aromatic carbocycles. The fourth-order valence-electron chi connectivity index (χ4n) is 2.18. The summed E-state index contributed by atoms with van der Waals surface area (Å²) in [5.41, 5.74) is 0. The molecule has 3 heteroatoms. The molecule has 0 saturated heterocycles. The number of benzene rings is 3. The van der Waals surface area contributed by atoms with Crippen molar-refractivity contribution >= 4 is 55.7 Å². The third-order valence-electron chi connectivity index (χ3n) is 3.35. The van der Waals surface area contributed by atoms with Gasteiger partial charge in [0.25, 0.3) is 0 Å². The second kappa shape index (κ2) is 10.8. The Hall–Kier alpha value is -0.950. The first-order valence-electron chi connectivity index (χ1n) is 7.95. The molecule has 0 radical (unpaired) electrons. The summed E-state index contributed by atoms with van der Waals surface area (Å²) in [6, 6.07) is 32.3. The van der Waals surface area contributed by atoms with Gasteiger partial charge >= 0.3 is 0 Å². The summed E-state index contributed by atoms with van der Waals surface area (Å²) in [6.45, 7) is 2.11. The molecule has 0 unspecified atom stereocenters. The predicted molar refractivity (Wildman–Crippen MR) is 117 cm³/mol. The molecule has 0 atom stereocenters. The van der Waals surface area contributed by atoms with Gasteiger partial charge in [-0.15, -0.1) is 0 Å². The van der Waals surface area contributed by atoms with Crippen LogP contribution in [0, 0.1) is 0 Å². The van der Waals surface area contributed by atoms with E-state index in [9.17, 15) is 0 Å². The quantitative estimate of drug-likeness (QED) is 0.331. The van der Waals surface area contributed by atoms with Gasteiger partial charge < -0.3 is 0 Å². The summed E-state index contributed by atoms with van der Waals surface area (Å²) in [6.07, 6.45) is 1.14. The minimum Gasteiger partial charge on any atom is -0.0765 e. The van der Waals surface area contributed by atoms with Crippen LogP contribution in [0.1, 0.15) is 13.3 Å². The fraction of sp³-hybridized carbons (Fsp3) is 0.143. The molecule has 0 saturated carbocycles. The highest BCUT2D eigenvalue weighted by atomic mass is 79.9. The summed E-state index contributed by atoms with van der Waals surface area (Å²) in [7, 11) is -0.446. The Morgan fingerprint density at radius 1 is 0.625 bits per heavy atom. The van der Waals surface area contributed by atoms with Crippen LogP contribution in [-0.2, 0) is 0 Å². The maximum Gasteiger partial charge on any atom is 0.0695 e. The van der Waals surface area contributed by atoms with Crippen LogP contribution in [0.5, 0.6) is 0 Å². The Labute approximate surface area is 163 Å². The van der Waals surface area contributed by atoms with Crippen molar-refractivity contribution in [2.45, 2.75) is 17.1 Å². The van der Waals surface area contributed by atoms with Crippen LogP contribution >= 0.6 is 39.8 Å². The monoisotopic (exact) mass is 462 g/mol. The molecule has 24 heavy (non-hydrogen) atoms. The van der Waals surface area contributed by atoms with Crippen LogP contribution in [0.2, 0.25) is 0 Å². The standard InChI is InChI=1S/C18H15P.C3H6Br2/c1-4-10-16(11-5-1)19(17-12-6-2-7-13-17)18-14-8-3-9-15-18;1-2-3(4)5/h1-15H;3H,2H2,1H3. The highest BCUT2D eigenvalue weighted by Crippen LogP contribution is 2.32. The van der Waals surface area contributed by atoms with E-state index in [-0.39, 0.29) is 0 Å². The molecule has 0 heterocycles. The lowest BCUT2D eigenvalue weighted by molar-refractivity contribution is 1.08. The van der Waals surface area contributed by atoms with Gasteiger partial charge in [0, 0.05) is 0 Å². The summed E-state index contributed by atoms with van der Waals surface area (Å²) in [5, 5.41) is 4.19. The van der Waals surface area contributed by atoms with Crippen LogP contribution in [-0.4, -0.2) is 3.74 Å². The van der Waals surface area contributed by atoms with Gasteiger partial charge in [-0.2, -0.15) is 0 Å². The summed E-state index contributed by atoms with van der Waals surface area (Å²) in [5.74, 6) is 0. The summed E-state index contributed by atoms with van der Waals surface area (Å²) >= 11 is 6.58. The molecule has 124 valence electrons. The zero-order valence-corrected chi connectivity index (χ0v) is 17.7. The SMILES string of the molecule is CCC(Br)Br.c1ccc(P(c2ccccc2)c2ccccc2)cc1. The van der Waals surface area contributed by atoms with Gasteiger partial charge in [0.2, 0.25) is 0 Å². The molecular weight excluding hydrogens is 443 g/mol. The largest absolute Gasteiger partial charge is 0.0765 e. The van der Waals surface area contributed by atoms with Crippen molar-refractivity contribution in [2.24, 2.45) is 0 Å². The van der Waals surface area contributed by atoms with Gasteiger partial charge in [-0.1, -0.05) is 130 Å². The average Bonchev–Trinajstić information content (AvgIpc) is 2.65. The van der Waals surface area contributed by atoms with E-state index in [1.807, 2.05) is 0 Å². The predicted octanol–water partition coefficient (Wildman–Crippen LogP) is 5.96. The van der Waals surface area contributed by atoms with E-state index in [4.69, 9.17) is 0 Å². The number of halogens is 2. The van der Waals surface area contributed by atoms with Gasteiger partial charge in [-0.25, -0.2) is 0 Å². The lowest BCUT2D eigenvalue weighted by Crippen LogP contribution is -2.20. The first kappa shape index (κ1) is 19.4. The van der Waals surface area contributed by atoms with Gasteiger partial charge in [0.1, 0.15) is 0 Å². The second-order valence-corrected chi connectivity index (χ2v) is 10.8. The molecule has 0 aliphatic heterocycles. The van der Waals surface area contributed by atoms with Gasteiger partial charge in [-0.3, -0.25) is 0 Å². The summed E-state index contributed by atoms with van der Waals surface area (Å²) < 4.78 is 0.509. The molecule has 3 aromatic rings. The Kier molecular flexibility index (Phi) is 8.74. The normalized spacial score (nSPS) is 10.4. The first-order chi connectivity index (χ1) is 11.7. The zero-order valence-electron chi connectivity index (χ0n) is 13.6. The third kappa shape index (κ3) is 6.16. The van der Waals surface area contributed by atoms with Crippen LogP contribution < -0.4 is 15.9 Å². The van der Waals surface area contributed by atoms with Crippen molar-refractivity contribution in [1.82, 2.24) is 0 Å². The van der Waals surface area contributed by atoms with E-state index in [0.29, 0.717) is 3.74 Å². The van der Waals surface area contributed by atoms with Gasteiger partial charge in [0.05, 0.1) is 3.74 Å². The molecule has 0 spiro atoms. The Morgan fingerprint density at radius 2 is 0.875 bits per heavy atom. The highest BCUT2D eigenvalue weighted by molar-refractivity contribution is 9.24. The minimum absolute atomic E-state index is 0.446. The molecule has 0 aliphatic rings. The summed E-state index contributed by atoms with van der Waals surface area (Å²) in [4.78, 5) is 0. The van der Waals surface area contributed by atoms with Gasteiger partial charge in [0.15, 0.2) is 0 Å². The van der Waals surface area contributed by atoms with Crippen molar-refractivity contribution in [3.8, 4) is 0 Å². The van der Waals surface area contributed by atoms with E-state index in [1.54, 1.807) is 0 Å². The van der Waals surface area contributed by atoms with Crippen molar-refractivity contribution in [2.75, 3.05) is 0 Å². The number of rotatable bonds is 4. The zero-order chi connectivity index (χ0) is 17.2. The second-order valence-electron chi connectivity index (χ2n) is 5.14. The Bertz CT molecular complexity index is 591. The number of hydrogen-bond donors (Lipinski definition) is 0. The van der Waals surface area contributed by atoms with Crippen LogP contribution in [0.25, 0.3) is 0 Å². The molecule has 0 N–H and O–H groups in total. The van der Waals surface area contributed by atoms with E-state index in [0.717, 1.165) is 6.42 Å². The highest BCUT2D eigenvalue weighted by Gasteiger charge is 2.14. The Morgan fingerprint density at radius 3 is 1.08 bits per heavy atom. The molecule has 0 bridgehead atoms. The minimum atomic E-state index is -0.446. The van der Waals surface area contributed by atoms with Crippen LogP contribution in [0.4, 0.5) is 0 Å². The molecule has 3 rings (SSSR count). The van der Waals surface area contributed by atoms with E-state index in [1.165, 1.54) is 15.9 Å². The number of alkyl halides is 2. The molecular formula is C21H21Br2P. The smallest absolute Gasteiger partial charge is 0.0695 e. The van der Waals surface area contributed by atoms with E-state index >= 15 is 0 Å². The first-order valence-corrected chi connectivity index (χ1v) is 11.1. The van der Waals surface area contributed by atoms with Crippen LogP contribution in [0.15, 0.2) is 91.0 Å². The van der Waals surface area contributed by atoms with Gasteiger partial charge in [-0.05, 0) is 30.3 Å². The fourth-order valence-corrected chi connectivity index (χ4v) is 4.48. The van der Waals surface area contributed by atoms with E-state index in [2.05, 4.69) is 130 Å². The molecule has 0 aromatic heterocycles. The molecule has 0 aliphatic carbocycles. The van der Waals surface area contributed by atoms with Crippen molar-refractivity contribution in [1.29, 1.82) is 0 Å². The lowest BCUT2D eigenvalue weighted by atomic mass is 10.4. The topological polar surface area (TPSA) is 0 Å². The van der Waals surface area contributed by atoms with Crippen LogP contribution in [0.3, 0.4) is 0 Å². The molecule has 0 fully saturated rings. The van der Waals surface area contributed by atoms with E-state index < -0.39 is 7.92 Å². The third-order valence-corrected chi connectivity index (χ3v) is 7.09. The maximum absolute atomic E-state index is 3.29. The van der Waals surface area contributed by atoms with Crippen molar-refractivity contribution < 1.29 is 0 Å². The van der Waals surface area contributed by atoms with Crippen molar-refractivity contribution in [3.05, 3.63) is 91.0 Å². The number of hydrogen-bond acceptors (Lipinski definition) is 0. The lowest BCUT2D eigenvalue weighted by Gasteiger charge is -2.18. The molecule has 0 amide bonds. The molecule has 0 nitrogen and oxygen atoms in total. The average molecular weight is 464 g/mol. The Balaban J connectivity index is 0.000000368. The van der Waals surface area contributed by atoms with Crippen molar-refractivity contribution in [3.63, 3.8) is 0 Å².